The van der Waals surface area contributed by atoms with Crippen molar-refractivity contribution in [3.8, 4) is 11.5 Å². The molecule has 0 bridgehead atoms. The topological polar surface area (TPSA) is 93.9 Å². The number of phosphoric ester groups is 1. The molecule has 3 aromatic rings. The first-order valence-corrected chi connectivity index (χ1v) is 13.1. The number of methoxy groups -OCH3 is 2. The van der Waals surface area contributed by atoms with Crippen LogP contribution in [0.3, 0.4) is 0 Å². The summed E-state index contributed by atoms with van der Waals surface area (Å²) in [4.78, 5) is 0. The molecule has 1 heterocycles. The molecule has 1 atom stereocenters. The summed E-state index contributed by atoms with van der Waals surface area (Å²) in [6.45, 7) is 7.39. The Balaban J connectivity index is 1.93. The highest BCUT2D eigenvalue weighted by Crippen LogP contribution is 2.56. The van der Waals surface area contributed by atoms with Crippen LogP contribution in [0.2, 0.25) is 0 Å². The largest absolute Gasteiger partial charge is 0.493 e. The van der Waals surface area contributed by atoms with Crippen molar-refractivity contribution in [3.63, 3.8) is 0 Å². The van der Waals surface area contributed by atoms with Crippen molar-refractivity contribution in [3.05, 3.63) is 71.3 Å². The van der Waals surface area contributed by atoms with E-state index in [1.165, 1.54) is 18.3 Å². The van der Waals surface area contributed by atoms with Gasteiger partial charge in [-0.15, -0.1) is 5.10 Å². The first-order chi connectivity index (χ1) is 17.1. The molecule has 0 aliphatic rings. The molecule has 0 amide bonds. The van der Waals surface area contributed by atoms with Gasteiger partial charge < -0.3 is 9.47 Å². The van der Waals surface area contributed by atoms with Crippen molar-refractivity contribution in [2.24, 2.45) is 0 Å². The maximum atomic E-state index is 13.7. The molecule has 0 aliphatic heterocycles. The highest BCUT2D eigenvalue weighted by Gasteiger charge is 2.36. The fraction of sp³-hybridized carbons (Fsp3) is 0.440. The quantitative estimate of drug-likeness (QED) is 0.263. The average Bonchev–Trinajstić information content (AvgIpc) is 3.29. The molecule has 36 heavy (non-hydrogen) atoms. The predicted octanol–water partition coefficient (Wildman–Crippen LogP) is 5.74. The maximum absolute atomic E-state index is 13.7. The molecule has 0 saturated heterocycles. The third kappa shape index (κ3) is 7.36. The summed E-state index contributed by atoms with van der Waals surface area (Å²) in [6.07, 6.45) is 0.343. The SMILES string of the molecule is COc1ccc(CCn2nncc2C(OP(=O)(OC(C)C)OC(C)C)c2ccc(F)cc2)cc1OC. The highest BCUT2D eigenvalue weighted by atomic mass is 31.2. The van der Waals surface area contributed by atoms with Gasteiger partial charge in [0.2, 0.25) is 0 Å². The summed E-state index contributed by atoms with van der Waals surface area (Å²) in [5.41, 5.74) is 2.05. The summed E-state index contributed by atoms with van der Waals surface area (Å²) >= 11 is 0. The van der Waals surface area contributed by atoms with Gasteiger partial charge in [0, 0.05) is 6.54 Å². The van der Waals surface area contributed by atoms with E-state index in [1.807, 2.05) is 18.2 Å². The van der Waals surface area contributed by atoms with E-state index in [4.69, 9.17) is 23.0 Å². The van der Waals surface area contributed by atoms with Crippen molar-refractivity contribution >= 4 is 7.82 Å². The monoisotopic (exact) mass is 521 g/mol. The fourth-order valence-corrected chi connectivity index (χ4v) is 5.23. The van der Waals surface area contributed by atoms with Gasteiger partial charge in [0.05, 0.1) is 38.3 Å². The molecule has 1 unspecified atom stereocenters. The molecule has 3 rings (SSSR count). The molecule has 0 spiro atoms. The van der Waals surface area contributed by atoms with Crippen LogP contribution in [-0.4, -0.2) is 41.4 Å². The van der Waals surface area contributed by atoms with Crippen LogP contribution in [0.1, 0.15) is 50.6 Å². The third-order valence-corrected chi connectivity index (χ3v) is 6.89. The van der Waals surface area contributed by atoms with E-state index < -0.39 is 32.0 Å². The second-order valence-electron chi connectivity index (χ2n) is 8.61. The number of rotatable bonds is 13. The van der Waals surface area contributed by atoms with Gasteiger partial charge in [0.15, 0.2) is 11.5 Å². The summed E-state index contributed by atoms with van der Waals surface area (Å²) < 4.78 is 56.9. The zero-order valence-electron chi connectivity index (χ0n) is 21.4. The molecule has 0 aliphatic carbocycles. The number of nitrogens with zero attached hydrogens (tertiary/aromatic N) is 3. The van der Waals surface area contributed by atoms with Crippen LogP contribution in [0, 0.1) is 5.82 Å². The number of ether oxygens (including phenoxy) is 2. The molecular formula is C25H33FN3O6P. The summed E-state index contributed by atoms with van der Waals surface area (Å²) in [5, 5.41) is 8.26. The lowest BCUT2D eigenvalue weighted by molar-refractivity contribution is 0.0542. The van der Waals surface area contributed by atoms with Crippen LogP contribution >= 0.6 is 7.82 Å². The van der Waals surface area contributed by atoms with E-state index in [0.29, 0.717) is 35.7 Å². The molecular weight excluding hydrogens is 488 g/mol. The highest BCUT2D eigenvalue weighted by molar-refractivity contribution is 7.48. The number of aromatic nitrogens is 3. The minimum absolute atomic E-state index is 0.405. The lowest BCUT2D eigenvalue weighted by Crippen LogP contribution is -2.17. The van der Waals surface area contributed by atoms with Gasteiger partial charge in [-0.1, -0.05) is 23.4 Å². The molecule has 9 nitrogen and oxygen atoms in total. The molecule has 196 valence electrons. The number of halogens is 1. The normalized spacial score (nSPS) is 12.8. The Kier molecular flexibility index (Phi) is 9.62. The minimum atomic E-state index is -4.02. The van der Waals surface area contributed by atoms with Crippen molar-refractivity contribution in [1.29, 1.82) is 0 Å². The van der Waals surface area contributed by atoms with E-state index in [2.05, 4.69) is 10.3 Å². The molecule has 0 radical (unpaired) electrons. The van der Waals surface area contributed by atoms with Gasteiger partial charge in [0.1, 0.15) is 11.9 Å². The predicted molar refractivity (Wildman–Crippen MR) is 133 cm³/mol. The van der Waals surface area contributed by atoms with Gasteiger partial charge in [-0.2, -0.15) is 0 Å². The van der Waals surface area contributed by atoms with Crippen LogP contribution in [0.15, 0.2) is 48.7 Å². The zero-order chi connectivity index (χ0) is 26.3. The maximum Gasteiger partial charge on any atom is 0.476 e. The lowest BCUT2D eigenvalue weighted by atomic mass is 10.1. The van der Waals surface area contributed by atoms with Crippen LogP contribution in [0.5, 0.6) is 11.5 Å². The van der Waals surface area contributed by atoms with Crippen molar-refractivity contribution in [2.75, 3.05) is 14.2 Å². The summed E-state index contributed by atoms with van der Waals surface area (Å²) in [6, 6.07) is 11.4. The summed E-state index contributed by atoms with van der Waals surface area (Å²) in [5.74, 6) is 0.857. The first-order valence-electron chi connectivity index (χ1n) is 11.6. The second-order valence-corrected chi connectivity index (χ2v) is 10.1. The Hall–Kier alpha value is -2.78. The van der Waals surface area contributed by atoms with E-state index in [-0.39, 0.29) is 0 Å². The molecule has 0 N–H and O–H groups in total. The Morgan fingerprint density at radius 3 is 2.14 bits per heavy atom. The van der Waals surface area contributed by atoms with Crippen molar-refractivity contribution in [2.45, 2.75) is 59.0 Å². The van der Waals surface area contributed by atoms with Gasteiger partial charge in [-0.25, -0.2) is 13.6 Å². The van der Waals surface area contributed by atoms with Gasteiger partial charge in [-0.05, 0) is 69.5 Å². The Labute approximate surface area is 211 Å². The van der Waals surface area contributed by atoms with Gasteiger partial charge in [0.25, 0.3) is 0 Å². The lowest BCUT2D eigenvalue weighted by Gasteiger charge is -2.27. The molecule has 0 saturated carbocycles. The first kappa shape index (κ1) is 27.8. The Morgan fingerprint density at radius 1 is 0.917 bits per heavy atom. The minimum Gasteiger partial charge on any atom is -0.493 e. The Bertz CT molecular complexity index is 1150. The van der Waals surface area contributed by atoms with Crippen molar-refractivity contribution in [1.82, 2.24) is 15.0 Å². The van der Waals surface area contributed by atoms with Gasteiger partial charge in [-0.3, -0.25) is 13.6 Å². The van der Waals surface area contributed by atoms with Crippen LogP contribution in [0.25, 0.3) is 0 Å². The van der Waals surface area contributed by atoms with Gasteiger partial charge >= 0.3 is 7.82 Å². The van der Waals surface area contributed by atoms with Crippen LogP contribution < -0.4 is 9.47 Å². The number of hydrogen-bond donors (Lipinski definition) is 0. The number of benzene rings is 2. The molecule has 2 aromatic carbocycles. The molecule has 1 aromatic heterocycles. The number of aryl methyl sites for hydroxylation is 2. The van der Waals surface area contributed by atoms with E-state index in [1.54, 1.807) is 58.7 Å². The smallest absolute Gasteiger partial charge is 0.476 e. The number of phosphoric acid groups is 1. The third-order valence-electron chi connectivity index (χ3n) is 5.06. The van der Waals surface area contributed by atoms with Crippen molar-refractivity contribution < 1.29 is 32.0 Å². The van der Waals surface area contributed by atoms with Crippen LogP contribution in [0.4, 0.5) is 4.39 Å². The second kappa shape index (κ2) is 12.5. The Morgan fingerprint density at radius 2 is 1.56 bits per heavy atom. The average molecular weight is 522 g/mol. The fourth-order valence-electron chi connectivity index (χ4n) is 3.56. The standard InChI is InChI=1S/C25H33FN3O6P/c1-17(2)33-36(30,34-18(3)4)35-25(20-8-10-21(26)11-9-20)22-16-27-28-29(22)14-13-19-7-12-23(31-5)24(15-19)32-6/h7-12,15-18,25H,13-14H2,1-6H3. The van der Waals surface area contributed by atoms with E-state index in [0.717, 1.165) is 5.56 Å². The molecule has 11 heteroatoms. The molecule has 0 fully saturated rings. The summed E-state index contributed by atoms with van der Waals surface area (Å²) in [7, 11) is -0.851. The van der Waals surface area contributed by atoms with E-state index in [9.17, 15) is 8.96 Å². The zero-order valence-corrected chi connectivity index (χ0v) is 22.3. The van der Waals surface area contributed by atoms with Crippen LogP contribution in [-0.2, 0) is 31.1 Å². The van der Waals surface area contributed by atoms with E-state index >= 15 is 0 Å². The number of hydrogen-bond acceptors (Lipinski definition) is 8.